The van der Waals surface area contributed by atoms with E-state index < -0.39 is 0 Å². The van der Waals surface area contributed by atoms with Crippen LogP contribution < -0.4 is 10.9 Å². The zero-order valence-electron chi connectivity index (χ0n) is 21.7. The summed E-state index contributed by atoms with van der Waals surface area (Å²) in [6, 6.07) is 7.78. The van der Waals surface area contributed by atoms with Crippen molar-refractivity contribution in [3.63, 3.8) is 0 Å². The van der Waals surface area contributed by atoms with Gasteiger partial charge in [0.05, 0.1) is 15.5 Å². The van der Waals surface area contributed by atoms with Gasteiger partial charge < -0.3 is 10.2 Å². The van der Waals surface area contributed by atoms with Gasteiger partial charge in [0, 0.05) is 31.7 Å². The highest BCUT2D eigenvalue weighted by Crippen LogP contribution is 2.32. The lowest BCUT2D eigenvalue weighted by Crippen LogP contribution is -2.39. The normalized spacial score (nSPS) is 14.7. The Labute approximate surface area is 230 Å². The largest absolute Gasteiger partial charge is 0.352 e. The van der Waals surface area contributed by atoms with E-state index >= 15 is 0 Å². The molecule has 0 radical (unpaired) electrons. The molecule has 198 valence electrons. The van der Waals surface area contributed by atoms with Crippen LogP contribution in [-0.4, -0.2) is 51.7 Å². The fraction of sp³-hybridized carbons (Fsp3) is 0.481. The third kappa shape index (κ3) is 6.21. The quantitative estimate of drug-likeness (QED) is 0.284. The van der Waals surface area contributed by atoms with E-state index in [9.17, 15) is 14.4 Å². The Morgan fingerprint density at radius 2 is 1.92 bits per heavy atom. The predicted octanol–water partition coefficient (Wildman–Crippen LogP) is 5.29. The molecule has 0 saturated heterocycles. The molecule has 0 bridgehead atoms. The predicted molar refractivity (Wildman–Crippen MR) is 152 cm³/mol. The van der Waals surface area contributed by atoms with E-state index in [1.54, 1.807) is 25.6 Å². The number of nitrogens with one attached hydrogen (secondary N) is 1. The zero-order valence-corrected chi connectivity index (χ0v) is 24.1. The summed E-state index contributed by atoms with van der Waals surface area (Å²) in [5.41, 5.74) is 1.52. The van der Waals surface area contributed by atoms with Gasteiger partial charge in [0.2, 0.25) is 5.91 Å². The number of thioether (sulfide) groups is 1. The van der Waals surface area contributed by atoms with Gasteiger partial charge in [-0.05, 0) is 55.9 Å². The number of rotatable bonds is 9. The van der Waals surface area contributed by atoms with Crippen LogP contribution in [-0.2, 0) is 17.8 Å². The lowest BCUT2D eigenvalue weighted by molar-refractivity contribution is -0.121. The van der Waals surface area contributed by atoms with Crippen LogP contribution in [0, 0.1) is 6.92 Å². The second-order valence-corrected chi connectivity index (χ2v) is 12.3. The van der Waals surface area contributed by atoms with Gasteiger partial charge in [-0.15, -0.1) is 11.3 Å². The highest BCUT2D eigenvalue weighted by atomic mass is 35.5. The fourth-order valence-electron chi connectivity index (χ4n) is 4.60. The summed E-state index contributed by atoms with van der Waals surface area (Å²) in [4.78, 5) is 47.1. The maximum Gasteiger partial charge on any atom is 0.263 e. The van der Waals surface area contributed by atoms with E-state index in [1.165, 1.54) is 28.0 Å². The summed E-state index contributed by atoms with van der Waals surface area (Å²) in [7, 11) is 3.39. The number of carbonyl (C=O) groups is 2. The van der Waals surface area contributed by atoms with E-state index in [-0.39, 0.29) is 28.7 Å². The Bertz CT molecular complexity index is 1340. The van der Waals surface area contributed by atoms with Crippen molar-refractivity contribution in [2.24, 2.45) is 0 Å². The number of halogens is 1. The topological polar surface area (TPSA) is 84.3 Å². The molecule has 1 aromatic carbocycles. The van der Waals surface area contributed by atoms with Crippen molar-refractivity contribution in [1.29, 1.82) is 0 Å². The summed E-state index contributed by atoms with van der Waals surface area (Å²) in [6.45, 7) is 4.18. The molecule has 0 spiro atoms. The van der Waals surface area contributed by atoms with Crippen molar-refractivity contribution in [2.75, 3.05) is 14.1 Å². The molecule has 2 amide bonds. The summed E-state index contributed by atoms with van der Waals surface area (Å²) >= 11 is 8.61. The summed E-state index contributed by atoms with van der Waals surface area (Å²) in [5, 5.41) is 4.46. The minimum Gasteiger partial charge on any atom is -0.352 e. The third-order valence-electron chi connectivity index (χ3n) is 6.77. The first-order valence-corrected chi connectivity index (χ1v) is 14.7. The maximum atomic E-state index is 13.8. The molecule has 7 nitrogen and oxygen atoms in total. The fourth-order valence-corrected chi connectivity index (χ4v) is 7.02. The molecule has 2 heterocycles. The minimum atomic E-state index is -0.365. The van der Waals surface area contributed by atoms with Crippen LogP contribution in [0.4, 0.5) is 0 Å². The Hall–Kier alpha value is -2.36. The molecule has 0 aliphatic heterocycles. The molecule has 4 rings (SSSR count). The van der Waals surface area contributed by atoms with Crippen LogP contribution >= 0.6 is 34.7 Å². The number of aryl methyl sites for hydroxylation is 2. The van der Waals surface area contributed by atoms with Crippen LogP contribution in [0.5, 0.6) is 0 Å². The number of thiophene rings is 1. The molecule has 37 heavy (non-hydrogen) atoms. The van der Waals surface area contributed by atoms with E-state index in [0.29, 0.717) is 50.2 Å². The summed E-state index contributed by atoms with van der Waals surface area (Å²) < 4.78 is 1.66. The van der Waals surface area contributed by atoms with Gasteiger partial charge in [0.15, 0.2) is 5.16 Å². The van der Waals surface area contributed by atoms with Crippen molar-refractivity contribution < 1.29 is 9.59 Å². The lowest BCUT2D eigenvalue weighted by atomic mass is 10.1. The molecule has 1 atom stereocenters. The molecular weight excluding hydrogens is 528 g/mol. The number of hydrogen-bond acceptors (Lipinski definition) is 6. The third-order valence-corrected chi connectivity index (χ3v) is 9.55. The Morgan fingerprint density at radius 3 is 2.54 bits per heavy atom. The number of carbonyl (C=O) groups excluding carboxylic acids is 2. The zero-order chi connectivity index (χ0) is 26.7. The first-order chi connectivity index (χ1) is 17.7. The Kier molecular flexibility index (Phi) is 8.98. The van der Waals surface area contributed by atoms with E-state index in [0.717, 1.165) is 31.2 Å². The van der Waals surface area contributed by atoms with Gasteiger partial charge >= 0.3 is 0 Å². The van der Waals surface area contributed by atoms with Crippen LogP contribution in [0.2, 0.25) is 5.02 Å². The van der Waals surface area contributed by atoms with E-state index in [4.69, 9.17) is 16.6 Å². The van der Waals surface area contributed by atoms with Crippen molar-refractivity contribution in [3.05, 3.63) is 55.6 Å². The first-order valence-electron chi connectivity index (χ1n) is 12.7. The van der Waals surface area contributed by atoms with Crippen LogP contribution in [0.25, 0.3) is 10.2 Å². The van der Waals surface area contributed by atoms with Crippen LogP contribution in [0.1, 0.15) is 59.8 Å². The summed E-state index contributed by atoms with van der Waals surface area (Å²) in [5.74, 6) is -0.159. The SMILES string of the molecule is CC[C@@H](Sc1nc2sc(C(=O)N(C)C)c(C)c2c(=O)n1CCc1ccc(Cl)cc1)C(=O)NC1CCCC1. The number of amides is 2. The van der Waals surface area contributed by atoms with Crippen molar-refractivity contribution in [3.8, 4) is 0 Å². The van der Waals surface area contributed by atoms with Gasteiger partial charge in [-0.1, -0.05) is 55.3 Å². The van der Waals surface area contributed by atoms with Crippen molar-refractivity contribution >= 4 is 56.7 Å². The Morgan fingerprint density at radius 1 is 1.24 bits per heavy atom. The molecule has 1 fully saturated rings. The smallest absolute Gasteiger partial charge is 0.263 e. The maximum absolute atomic E-state index is 13.8. The van der Waals surface area contributed by atoms with Crippen molar-refractivity contribution in [2.45, 2.75) is 75.4 Å². The standard InChI is InChI=1S/C27H33ClN4O3S2/c1-5-20(23(33)29-19-8-6-7-9-19)36-27-30-24-21(16(2)22(37-24)26(35)31(3)4)25(34)32(27)15-14-17-10-12-18(28)13-11-17/h10-13,19-20H,5-9,14-15H2,1-4H3,(H,29,33)/t20-/m1/s1. The average molecular weight is 561 g/mol. The second kappa shape index (κ2) is 12.0. The molecular formula is C27H33ClN4O3S2. The number of aromatic nitrogens is 2. The van der Waals surface area contributed by atoms with E-state index in [1.807, 2.05) is 31.2 Å². The number of fused-ring (bicyclic) bond motifs is 1. The number of benzene rings is 1. The van der Waals surface area contributed by atoms with E-state index in [2.05, 4.69) is 5.32 Å². The Balaban J connectivity index is 1.72. The molecule has 1 aliphatic carbocycles. The number of hydrogen-bond donors (Lipinski definition) is 1. The molecule has 1 saturated carbocycles. The van der Waals surface area contributed by atoms with Gasteiger partial charge in [0.1, 0.15) is 4.83 Å². The van der Waals surface area contributed by atoms with Crippen LogP contribution in [0.3, 0.4) is 0 Å². The van der Waals surface area contributed by atoms with Crippen molar-refractivity contribution in [1.82, 2.24) is 19.8 Å². The van der Waals surface area contributed by atoms with Gasteiger partial charge in [-0.3, -0.25) is 19.0 Å². The molecule has 1 N–H and O–H groups in total. The molecule has 2 aromatic heterocycles. The first kappa shape index (κ1) is 27.7. The minimum absolute atomic E-state index is 0.0103. The molecule has 1 aliphatic rings. The highest BCUT2D eigenvalue weighted by Gasteiger charge is 2.27. The summed E-state index contributed by atoms with van der Waals surface area (Å²) in [6.07, 6.45) is 5.53. The number of nitrogens with zero attached hydrogens (tertiary/aromatic N) is 3. The average Bonchev–Trinajstić information content (AvgIpc) is 3.50. The van der Waals surface area contributed by atoms with Gasteiger partial charge in [0.25, 0.3) is 11.5 Å². The monoisotopic (exact) mass is 560 g/mol. The highest BCUT2D eigenvalue weighted by molar-refractivity contribution is 8.00. The van der Waals surface area contributed by atoms with Gasteiger partial charge in [-0.25, -0.2) is 4.98 Å². The lowest BCUT2D eigenvalue weighted by Gasteiger charge is -2.20. The molecule has 10 heteroatoms. The van der Waals surface area contributed by atoms with Crippen LogP contribution in [0.15, 0.2) is 34.2 Å². The second-order valence-electron chi connectivity index (χ2n) is 9.67. The van der Waals surface area contributed by atoms with Gasteiger partial charge in [-0.2, -0.15) is 0 Å². The molecule has 3 aromatic rings. The molecule has 0 unspecified atom stereocenters.